The van der Waals surface area contributed by atoms with Crippen LogP contribution in [-0.4, -0.2) is 0 Å². The summed E-state index contributed by atoms with van der Waals surface area (Å²) >= 11 is 1.62. The third kappa shape index (κ3) is 1.09. The van der Waals surface area contributed by atoms with E-state index in [-0.39, 0.29) is 0 Å². The van der Waals surface area contributed by atoms with Gasteiger partial charge in [0.1, 0.15) is 6.17 Å². The van der Waals surface area contributed by atoms with Crippen molar-refractivity contribution in [2.24, 2.45) is 0 Å². The molecule has 0 N–H and O–H groups in total. The molecule has 0 aliphatic heterocycles. The van der Waals surface area contributed by atoms with Gasteiger partial charge in [-0.1, -0.05) is 6.07 Å². The Kier molecular flexibility index (Phi) is 1.81. The maximum atomic E-state index is 11.7. The Morgan fingerprint density at radius 1 is 1.42 bits per heavy atom. The van der Waals surface area contributed by atoms with Crippen LogP contribution in [0, 0.1) is 18.2 Å². The van der Waals surface area contributed by atoms with E-state index in [0.29, 0.717) is 5.56 Å². The van der Waals surface area contributed by atoms with E-state index < -0.39 is 0 Å². The molecule has 0 saturated heterocycles. The largest absolute Gasteiger partial charge is 0.144 e. The summed E-state index contributed by atoms with van der Waals surface area (Å²) in [6, 6.07) is 8.53. The first-order chi connectivity index (χ1) is 5.92. The average Bonchev–Trinajstić information content (AvgIpc) is 2.53. The molecular weight excluding hydrogens is 171 g/mol. The third-order valence-electron chi connectivity index (χ3n) is 1.60. The molecule has 1 aromatic carbocycles. The van der Waals surface area contributed by atoms with Crippen molar-refractivity contribution in [2.75, 3.05) is 0 Å². The van der Waals surface area contributed by atoms with E-state index in [4.69, 9.17) is 0 Å². The van der Waals surface area contributed by atoms with Crippen molar-refractivity contribution < 1.29 is 4.39 Å². The number of rotatable bonds is 0. The van der Waals surface area contributed by atoms with E-state index in [9.17, 15) is 4.39 Å². The lowest BCUT2D eigenvalue weighted by Crippen LogP contribution is -1.73. The number of fused-ring (bicyclic) bond motifs is 1. The molecule has 0 fully saturated rings. The van der Waals surface area contributed by atoms with E-state index in [1.807, 2.05) is 17.5 Å². The fraction of sp³-hybridized carbons (Fsp3) is 0. The van der Waals surface area contributed by atoms with Crippen LogP contribution in [0.15, 0.2) is 23.6 Å². The Morgan fingerprint density at radius 2 is 2.33 bits per heavy atom. The van der Waals surface area contributed by atoms with Crippen molar-refractivity contribution in [3.8, 4) is 12.1 Å². The van der Waals surface area contributed by atoms with E-state index >= 15 is 0 Å². The van der Waals surface area contributed by atoms with Gasteiger partial charge < -0.3 is 0 Å². The minimum Gasteiger partial charge on any atom is -0.144 e. The second-order valence-electron chi connectivity index (χ2n) is 2.27. The minimum absolute atomic E-state index is 0.635. The summed E-state index contributed by atoms with van der Waals surface area (Å²) in [5.41, 5.74) is 0.635. The molecule has 0 saturated carbocycles. The molecule has 0 aliphatic rings. The van der Waals surface area contributed by atoms with Crippen molar-refractivity contribution in [3.05, 3.63) is 35.2 Å². The van der Waals surface area contributed by atoms with Crippen LogP contribution in [-0.2, 0) is 0 Å². The van der Waals surface area contributed by atoms with Crippen molar-refractivity contribution in [2.45, 2.75) is 0 Å². The summed E-state index contributed by atoms with van der Waals surface area (Å²) in [5.74, 6) is 2.37. The highest BCUT2D eigenvalue weighted by Crippen LogP contribution is 2.22. The molecule has 0 amide bonds. The average molecular weight is 175 g/mol. The lowest BCUT2D eigenvalue weighted by Gasteiger charge is -1.90. The topological polar surface area (TPSA) is 0 Å². The molecule has 0 atom stereocenters. The van der Waals surface area contributed by atoms with Crippen molar-refractivity contribution >= 4 is 21.4 Å². The van der Waals surface area contributed by atoms with Gasteiger partial charge in [-0.05, 0) is 29.5 Å². The first-order valence-electron chi connectivity index (χ1n) is 3.41. The summed E-state index contributed by atoms with van der Waals surface area (Å²) in [5, 5.41) is 2.94. The van der Waals surface area contributed by atoms with Gasteiger partial charge in [-0.3, -0.25) is 0 Å². The molecule has 2 heteroatoms. The predicted molar refractivity (Wildman–Crippen MR) is 48.6 cm³/mol. The Bertz CT molecular complexity index is 459. The standard InChI is InChI=1S/C10H4FS/c11-6-4-8-2-1-3-10-9(8)5-7-12-10/h1,3,5,7H. The highest BCUT2D eigenvalue weighted by atomic mass is 32.1. The van der Waals surface area contributed by atoms with Crippen molar-refractivity contribution in [1.29, 1.82) is 0 Å². The maximum Gasteiger partial charge on any atom is 0.111 e. The fourth-order valence-electron chi connectivity index (χ4n) is 1.09. The van der Waals surface area contributed by atoms with Gasteiger partial charge in [-0.25, -0.2) is 0 Å². The molecule has 1 radical (unpaired) electrons. The maximum absolute atomic E-state index is 11.7. The molecule has 0 unspecified atom stereocenters. The zero-order valence-electron chi connectivity index (χ0n) is 6.10. The van der Waals surface area contributed by atoms with Crippen LogP contribution in [0.25, 0.3) is 10.1 Å². The predicted octanol–water partition coefficient (Wildman–Crippen LogP) is 2.98. The second kappa shape index (κ2) is 2.96. The molecule has 57 valence electrons. The van der Waals surface area contributed by atoms with Gasteiger partial charge in [0, 0.05) is 15.6 Å². The van der Waals surface area contributed by atoms with Crippen LogP contribution in [0.2, 0.25) is 0 Å². The Balaban J connectivity index is 2.79. The Hall–Kier alpha value is -1.33. The van der Waals surface area contributed by atoms with Crippen molar-refractivity contribution in [1.82, 2.24) is 0 Å². The van der Waals surface area contributed by atoms with E-state index in [1.165, 1.54) is 6.17 Å². The molecule has 2 rings (SSSR count). The highest BCUT2D eigenvalue weighted by Gasteiger charge is 1.98. The van der Waals surface area contributed by atoms with Gasteiger partial charge in [-0.15, -0.1) is 15.7 Å². The second-order valence-corrected chi connectivity index (χ2v) is 3.22. The van der Waals surface area contributed by atoms with Gasteiger partial charge >= 0.3 is 0 Å². The number of hydrogen-bond acceptors (Lipinski definition) is 1. The van der Waals surface area contributed by atoms with Crippen LogP contribution in [0.3, 0.4) is 0 Å². The van der Waals surface area contributed by atoms with Gasteiger partial charge in [-0.2, -0.15) is 0 Å². The molecule has 0 spiro atoms. The van der Waals surface area contributed by atoms with Crippen LogP contribution in [0.4, 0.5) is 4.39 Å². The SMILES string of the molecule is FC#Cc1[c]ccc2sccc12. The van der Waals surface area contributed by atoms with Crippen molar-refractivity contribution in [3.63, 3.8) is 0 Å². The summed E-state index contributed by atoms with van der Waals surface area (Å²) in [4.78, 5) is 0. The summed E-state index contributed by atoms with van der Waals surface area (Å²) in [6.07, 6.45) is 1.39. The molecule has 0 nitrogen and oxygen atoms in total. The number of hydrogen-bond donors (Lipinski definition) is 0. The van der Waals surface area contributed by atoms with Gasteiger partial charge in [0.05, 0.1) is 0 Å². The Morgan fingerprint density at radius 3 is 3.17 bits per heavy atom. The van der Waals surface area contributed by atoms with E-state index in [1.54, 1.807) is 17.4 Å². The zero-order chi connectivity index (χ0) is 8.39. The highest BCUT2D eigenvalue weighted by molar-refractivity contribution is 7.17. The lowest BCUT2D eigenvalue weighted by atomic mass is 10.1. The van der Waals surface area contributed by atoms with Gasteiger partial charge in [0.15, 0.2) is 0 Å². The van der Waals surface area contributed by atoms with Crippen LogP contribution in [0.5, 0.6) is 0 Å². The zero-order valence-corrected chi connectivity index (χ0v) is 6.91. The van der Waals surface area contributed by atoms with E-state index in [2.05, 4.69) is 12.0 Å². The first kappa shape index (κ1) is 7.33. The van der Waals surface area contributed by atoms with E-state index in [0.717, 1.165) is 10.1 Å². The third-order valence-corrected chi connectivity index (χ3v) is 2.48. The number of benzene rings is 1. The molecule has 2 aromatic rings. The lowest BCUT2D eigenvalue weighted by molar-refractivity contribution is 0.774. The van der Waals surface area contributed by atoms with Crippen LogP contribution in [0.1, 0.15) is 5.56 Å². The number of halogens is 1. The van der Waals surface area contributed by atoms with Crippen LogP contribution >= 0.6 is 11.3 Å². The molecular formula is C10H4FS. The Labute approximate surface area is 73.6 Å². The minimum atomic E-state index is 0.635. The monoisotopic (exact) mass is 175 g/mol. The van der Waals surface area contributed by atoms with Gasteiger partial charge in [0.25, 0.3) is 0 Å². The normalized spacial score (nSPS) is 9.42. The molecule has 1 aromatic heterocycles. The summed E-state index contributed by atoms with van der Waals surface area (Å²) in [6.45, 7) is 0. The molecule has 1 heterocycles. The van der Waals surface area contributed by atoms with Gasteiger partial charge in [0.2, 0.25) is 0 Å². The summed E-state index contributed by atoms with van der Waals surface area (Å²) < 4.78 is 12.9. The fourth-order valence-corrected chi connectivity index (χ4v) is 1.88. The first-order valence-corrected chi connectivity index (χ1v) is 4.29. The molecule has 0 aliphatic carbocycles. The quantitative estimate of drug-likeness (QED) is 0.540. The summed E-state index contributed by atoms with van der Waals surface area (Å²) in [7, 11) is 0. The number of thiophene rings is 1. The molecule has 12 heavy (non-hydrogen) atoms. The molecule has 0 bridgehead atoms. The van der Waals surface area contributed by atoms with Crippen LogP contribution < -0.4 is 0 Å². The smallest absolute Gasteiger partial charge is 0.111 e.